The molecule has 14 heavy (non-hydrogen) atoms. The fourth-order valence-corrected chi connectivity index (χ4v) is 2.31. The lowest BCUT2D eigenvalue weighted by Gasteiger charge is -2.22. The molecule has 0 bridgehead atoms. The van der Waals surface area contributed by atoms with Crippen molar-refractivity contribution in [3.05, 3.63) is 34.4 Å². The van der Waals surface area contributed by atoms with E-state index in [1.807, 2.05) is 13.0 Å². The highest BCUT2D eigenvalue weighted by Gasteiger charge is 2.24. The zero-order valence-corrected chi connectivity index (χ0v) is 9.05. The van der Waals surface area contributed by atoms with Crippen molar-refractivity contribution >= 4 is 5.78 Å². The second-order valence-electron chi connectivity index (χ2n) is 4.41. The second-order valence-corrected chi connectivity index (χ2v) is 4.41. The predicted octanol–water partition coefficient (Wildman–Crippen LogP) is 3.07. The highest BCUT2D eigenvalue weighted by atomic mass is 16.1. The summed E-state index contributed by atoms with van der Waals surface area (Å²) in [6.45, 7) is 6.19. The van der Waals surface area contributed by atoms with Crippen LogP contribution in [0.25, 0.3) is 0 Å². The van der Waals surface area contributed by atoms with Crippen molar-refractivity contribution in [2.45, 2.75) is 33.6 Å². The van der Waals surface area contributed by atoms with E-state index in [-0.39, 0.29) is 5.92 Å². The molecule has 0 aliphatic heterocycles. The number of Topliss-reactive ketones (excluding diaryl/α,β-unsaturated/α-hetero) is 1. The van der Waals surface area contributed by atoms with E-state index in [9.17, 15) is 4.79 Å². The number of rotatable bonds is 0. The van der Waals surface area contributed by atoms with Gasteiger partial charge >= 0.3 is 0 Å². The Morgan fingerprint density at radius 3 is 2.71 bits per heavy atom. The van der Waals surface area contributed by atoms with Crippen LogP contribution in [0.15, 0.2) is 12.1 Å². The average Bonchev–Trinajstić information content (AvgIpc) is 2.12. The van der Waals surface area contributed by atoms with Gasteiger partial charge in [-0.25, -0.2) is 0 Å². The predicted molar refractivity (Wildman–Crippen MR) is 57.7 cm³/mol. The number of carbonyl (C=O) groups excluding carboxylic acids is 1. The van der Waals surface area contributed by atoms with Crippen molar-refractivity contribution in [2.24, 2.45) is 5.92 Å². The molecule has 1 unspecified atom stereocenters. The minimum atomic E-state index is 0.212. The van der Waals surface area contributed by atoms with E-state index in [1.165, 1.54) is 16.7 Å². The Kier molecular flexibility index (Phi) is 2.18. The molecule has 0 spiro atoms. The van der Waals surface area contributed by atoms with Gasteiger partial charge in [0.1, 0.15) is 0 Å². The Hall–Kier alpha value is -1.11. The largest absolute Gasteiger partial charge is 0.294 e. The van der Waals surface area contributed by atoms with Crippen LogP contribution in [-0.2, 0) is 6.42 Å². The molecule has 0 radical (unpaired) electrons. The van der Waals surface area contributed by atoms with Crippen LogP contribution in [-0.4, -0.2) is 5.78 Å². The third-order valence-corrected chi connectivity index (χ3v) is 3.16. The number of ketones is 1. The van der Waals surface area contributed by atoms with Crippen LogP contribution in [0.4, 0.5) is 0 Å². The molecule has 1 aromatic rings. The van der Waals surface area contributed by atoms with E-state index in [4.69, 9.17) is 0 Å². The first-order chi connectivity index (χ1) is 6.59. The molecule has 0 fully saturated rings. The molecule has 1 aliphatic carbocycles. The van der Waals surface area contributed by atoms with E-state index in [0.717, 1.165) is 18.4 Å². The zero-order chi connectivity index (χ0) is 10.3. The zero-order valence-electron chi connectivity index (χ0n) is 9.05. The third-order valence-electron chi connectivity index (χ3n) is 3.16. The number of aryl methyl sites for hydroxylation is 2. The molecule has 2 rings (SSSR count). The maximum atomic E-state index is 11.9. The number of fused-ring (bicyclic) bond motifs is 1. The molecule has 0 saturated carbocycles. The summed E-state index contributed by atoms with van der Waals surface area (Å²) >= 11 is 0. The molecule has 1 aliphatic rings. The smallest absolute Gasteiger partial charge is 0.165 e. The first-order valence-corrected chi connectivity index (χ1v) is 5.24. The molecule has 0 aromatic heterocycles. The van der Waals surface area contributed by atoms with Gasteiger partial charge in [0.2, 0.25) is 0 Å². The third kappa shape index (κ3) is 1.37. The molecular weight excluding hydrogens is 172 g/mol. The van der Waals surface area contributed by atoms with Crippen LogP contribution in [0.5, 0.6) is 0 Å². The summed E-state index contributed by atoms with van der Waals surface area (Å²) in [5, 5.41) is 0. The lowest BCUT2D eigenvalue weighted by molar-refractivity contribution is 0.0913. The van der Waals surface area contributed by atoms with Crippen molar-refractivity contribution in [1.29, 1.82) is 0 Å². The highest BCUT2D eigenvalue weighted by molar-refractivity contribution is 6.00. The van der Waals surface area contributed by atoms with Gasteiger partial charge in [-0.1, -0.05) is 18.6 Å². The Bertz CT molecular complexity index is 390. The Labute approximate surface area is 85.1 Å². The summed E-state index contributed by atoms with van der Waals surface area (Å²) in [7, 11) is 0. The van der Waals surface area contributed by atoms with Crippen LogP contribution in [0.1, 0.15) is 40.4 Å². The number of hydrogen-bond donors (Lipinski definition) is 0. The van der Waals surface area contributed by atoms with Crippen LogP contribution < -0.4 is 0 Å². The fraction of sp³-hybridized carbons (Fsp3) is 0.462. The van der Waals surface area contributed by atoms with Crippen molar-refractivity contribution in [2.75, 3.05) is 0 Å². The summed E-state index contributed by atoms with van der Waals surface area (Å²) in [5.41, 5.74) is 4.73. The Morgan fingerprint density at radius 2 is 2.00 bits per heavy atom. The minimum absolute atomic E-state index is 0.212. The second kappa shape index (κ2) is 3.23. The molecule has 1 nitrogen and oxygen atoms in total. The lowest BCUT2D eigenvalue weighted by atomic mass is 9.81. The Morgan fingerprint density at radius 1 is 1.29 bits per heavy atom. The van der Waals surface area contributed by atoms with Gasteiger partial charge in [0.25, 0.3) is 0 Å². The van der Waals surface area contributed by atoms with Gasteiger partial charge in [0, 0.05) is 11.5 Å². The Balaban J connectivity index is 2.60. The van der Waals surface area contributed by atoms with Crippen LogP contribution in [0.3, 0.4) is 0 Å². The molecule has 1 atom stereocenters. The maximum absolute atomic E-state index is 11.9. The lowest BCUT2D eigenvalue weighted by Crippen LogP contribution is -2.21. The summed E-state index contributed by atoms with van der Waals surface area (Å²) in [4.78, 5) is 11.9. The van der Waals surface area contributed by atoms with Crippen molar-refractivity contribution in [3.8, 4) is 0 Å². The van der Waals surface area contributed by atoms with Gasteiger partial charge in [-0.2, -0.15) is 0 Å². The first kappa shape index (κ1) is 9.45. The van der Waals surface area contributed by atoms with Crippen LogP contribution >= 0.6 is 0 Å². The molecule has 1 aromatic carbocycles. The number of benzene rings is 1. The minimum Gasteiger partial charge on any atom is -0.294 e. The summed E-state index contributed by atoms with van der Waals surface area (Å²) in [5.74, 6) is 0.543. The molecule has 74 valence electrons. The van der Waals surface area contributed by atoms with E-state index in [1.54, 1.807) is 0 Å². The van der Waals surface area contributed by atoms with E-state index in [0.29, 0.717) is 5.78 Å². The molecule has 0 N–H and O–H groups in total. The fourth-order valence-electron chi connectivity index (χ4n) is 2.31. The number of hydrogen-bond acceptors (Lipinski definition) is 1. The van der Waals surface area contributed by atoms with Gasteiger partial charge in [-0.3, -0.25) is 4.79 Å². The van der Waals surface area contributed by atoms with Crippen molar-refractivity contribution in [3.63, 3.8) is 0 Å². The summed E-state index contributed by atoms with van der Waals surface area (Å²) in [6.07, 6.45) is 2.07. The van der Waals surface area contributed by atoms with E-state index in [2.05, 4.69) is 19.9 Å². The van der Waals surface area contributed by atoms with E-state index < -0.39 is 0 Å². The van der Waals surface area contributed by atoms with Crippen LogP contribution in [0, 0.1) is 19.8 Å². The average molecular weight is 188 g/mol. The standard InChI is InChI=1S/C13H16O/c1-8-6-10(3)11-5-4-9(2)13(14)12(11)7-8/h6-7,9H,4-5H2,1-3H3. The van der Waals surface area contributed by atoms with Gasteiger partial charge in [-0.15, -0.1) is 0 Å². The first-order valence-electron chi connectivity index (χ1n) is 5.24. The van der Waals surface area contributed by atoms with Gasteiger partial charge in [0.05, 0.1) is 0 Å². The van der Waals surface area contributed by atoms with Crippen molar-refractivity contribution < 1.29 is 4.79 Å². The highest BCUT2D eigenvalue weighted by Crippen LogP contribution is 2.28. The molecular formula is C13H16O. The SMILES string of the molecule is Cc1cc(C)c2c(c1)C(=O)C(C)CC2. The molecule has 0 heterocycles. The molecule has 0 saturated heterocycles. The van der Waals surface area contributed by atoms with Crippen molar-refractivity contribution in [1.82, 2.24) is 0 Å². The van der Waals surface area contributed by atoms with Gasteiger partial charge in [-0.05, 0) is 43.9 Å². The van der Waals surface area contributed by atoms with E-state index >= 15 is 0 Å². The van der Waals surface area contributed by atoms with Gasteiger partial charge in [0.15, 0.2) is 5.78 Å². The summed E-state index contributed by atoms with van der Waals surface area (Å²) in [6, 6.07) is 4.21. The normalized spacial score (nSPS) is 20.8. The summed E-state index contributed by atoms with van der Waals surface area (Å²) < 4.78 is 0. The molecule has 0 amide bonds. The maximum Gasteiger partial charge on any atom is 0.165 e. The topological polar surface area (TPSA) is 17.1 Å². The monoisotopic (exact) mass is 188 g/mol. The van der Waals surface area contributed by atoms with Crippen LogP contribution in [0.2, 0.25) is 0 Å². The quantitative estimate of drug-likeness (QED) is 0.611. The molecule has 1 heteroatoms. The van der Waals surface area contributed by atoms with Gasteiger partial charge < -0.3 is 0 Å². The number of carbonyl (C=O) groups is 1.